The first-order valence-electron chi connectivity index (χ1n) is 12.3. The molecule has 2 aromatic heterocycles. The number of benzene rings is 1. The molecule has 1 amide bonds. The topological polar surface area (TPSA) is 152 Å². The number of aromatic nitrogens is 3. The molecule has 9 nitrogen and oxygen atoms in total. The molecular weight excluding hydrogens is 454 g/mol. The second kappa shape index (κ2) is 21.8. The first-order valence-corrected chi connectivity index (χ1v) is 12.3. The number of carbonyl (C=O) groups excluding carboxylic acids is 2. The summed E-state index contributed by atoms with van der Waals surface area (Å²) in [5, 5.41) is 7.63. The van der Waals surface area contributed by atoms with Gasteiger partial charge in [0.1, 0.15) is 12.1 Å². The quantitative estimate of drug-likeness (QED) is 0.200. The van der Waals surface area contributed by atoms with Gasteiger partial charge in [0.2, 0.25) is 5.91 Å². The summed E-state index contributed by atoms with van der Waals surface area (Å²) in [6.45, 7) is 4.13. The third-order valence-electron chi connectivity index (χ3n) is 4.56. The third-order valence-corrected chi connectivity index (χ3v) is 4.56. The van der Waals surface area contributed by atoms with Crippen molar-refractivity contribution in [1.29, 1.82) is 0 Å². The summed E-state index contributed by atoms with van der Waals surface area (Å²) in [5.41, 5.74) is 11.9. The SMILES string of the molecule is CC.CNC.N/C=C\NCC(N)=O.O=CCCCCCCc1ncc(-c2ccc3ccncc3c2)[nH]1. The van der Waals surface area contributed by atoms with Crippen LogP contribution in [0.25, 0.3) is 22.0 Å². The molecule has 7 N–H and O–H groups in total. The van der Waals surface area contributed by atoms with Crippen molar-refractivity contribution >= 4 is 23.0 Å². The van der Waals surface area contributed by atoms with Gasteiger partial charge in [0.05, 0.1) is 18.4 Å². The van der Waals surface area contributed by atoms with E-state index in [-0.39, 0.29) is 6.54 Å². The standard InChI is InChI=1S/C19H21N3O.C4H9N3O.C2H7N.C2H6/c23-11-5-3-1-2-4-6-19-21-14-18(22-19)16-8-7-15-9-10-20-13-17(15)12-16;5-1-2-7-3-4(6)8;1-3-2;1-2/h7-14H,1-6H2,(H,21,22);1-2,7H,3,5H2,(H2,6,8);3H,1-2H3;1-2H3/b;2-1-;;. The van der Waals surface area contributed by atoms with Crippen LogP contribution in [0.3, 0.4) is 0 Å². The van der Waals surface area contributed by atoms with Gasteiger partial charge in [-0.25, -0.2) is 4.98 Å². The van der Waals surface area contributed by atoms with Crippen molar-refractivity contribution in [2.24, 2.45) is 11.5 Å². The minimum Gasteiger partial charge on any atom is -0.403 e. The van der Waals surface area contributed by atoms with Crippen molar-refractivity contribution in [3.8, 4) is 11.3 Å². The van der Waals surface area contributed by atoms with Crippen LogP contribution in [-0.2, 0) is 16.0 Å². The number of nitrogens with one attached hydrogen (secondary N) is 3. The summed E-state index contributed by atoms with van der Waals surface area (Å²) in [6, 6.07) is 8.38. The summed E-state index contributed by atoms with van der Waals surface area (Å²) < 4.78 is 0. The lowest BCUT2D eigenvalue weighted by Gasteiger charge is -2.01. The number of unbranched alkanes of at least 4 members (excludes halogenated alkanes) is 4. The lowest BCUT2D eigenvalue weighted by molar-refractivity contribution is -0.117. The number of aldehydes is 1. The monoisotopic (exact) mass is 497 g/mol. The van der Waals surface area contributed by atoms with Crippen LogP contribution in [-0.4, -0.2) is 47.8 Å². The Labute approximate surface area is 215 Å². The van der Waals surface area contributed by atoms with Crippen LogP contribution < -0.4 is 22.1 Å². The van der Waals surface area contributed by atoms with Gasteiger partial charge in [-0.15, -0.1) is 0 Å². The van der Waals surface area contributed by atoms with Gasteiger partial charge in [0, 0.05) is 48.6 Å². The Morgan fingerprint density at radius 3 is 2.44 bits per heavy atom. The van der Waals surface area contributed by atoms with Crippen molar-refractivity contribution < 1.29 is 9.59 Å². The van der Waals surface area contributed by atoms with Gasteiger partial charge in [0.15, 0.2) is 0 Å². The first kappa shape index (κ1) is 32.3. The summed E-state index contributed by atoms with van der Waals surface area (Å²) in [4.78, 5) is 32.3. The molecule has 9 heteroatoms. The Morgan fingerprint density at radius 1 is 1.06 bits per heavy atom. The van der Waals surface area contributed by atoms with Crippen LogP contribution in [0.2, 0.25) is 0 Å². The van der Waals surface area contributed by atoms with Gasteiger partial charge in [-0.05, 0) is 44.5 Å². The zero-order valence-corrected chi connectivity index (χ0v) is 22.1. The van der Waals surface area contributed by atoms with Crippen molar-refractivity contribution in [3.05, 3.63) is 61.1 Å². The van der Waals surface area contributed by atoms with Crippen molar-refractivity contribution in [3.63, 3.8) is 0 Å². The Hall–Kier alpha value is -3.72. The molecule has 198 valence electrons. The zero-order chi connectivity index (χ0) is 27.0. The van der Waals surface area contributed by atoms with E-state index < -0.39 is 5.91 Å². The number of nitrogens with zero attached hydrogens (tertiary/aromatic N) is 2. The van der Waals surface area contributed by atoms with Gasteiger partial charge in [0.25, 0.3) is 0 Å². The average Bonchev–Trinajstić information content (AvgIpc) is 3.37. The molecule has 0 bridgehead atoms. The molecule has 1 aromatic carbocycles. The maximum atomic E-state index is 10.3. The van der Waals surface area contributed by atoms with Gasteiger partial charge in [-0.2, -0.15) is 0 Å². The fourth-order valence-corrected chi connectivity index (χ4v) is 2.99. The van der Waals surface area contributed by atoms with Gasteiger partial charge >= 0.3 is 0 Å². The number of carbonyl (C=O) groups is 2. The highest BCUT2D eigenvalue weighted by Gasteiger charge is 2.04. The zero-order valence-electron chi connectivity index (χ0n) is 22.1. The van der Waals surface area contributed by atoms with Crippen LogP contribution in [0.1, 0.15) is 51.8 Å². The van der Waals surface area contributed by atoms with Gasteiger partial charge in [-0.1, -0.05) is 38.8 Å². The molecule has 3 rings (SSSR count). The maximum Gasteiger partial charge on any atom is 0.236 e. The second-order valence-corrected chi connectivity index (χ2v) is 7.51. The van der Waals surface area contributed by atoms with E-state index in [0.717, 1.165) is 60.9 Å². The highest BCUT2D eigenvalue weighted by Crippen LogP contribution is 2.22. The molecule has 0 aliphatic carbocycles. The first-order chi connectivity index (χ1) is 17.5. The van der Waals surface area contributed by atoms with Gasteiger partial charge < -0.3 is 31.9 Å². The number of aryl methyl sites for hydroxylation is 1. The number of pyridine rings is 1. The number of imidazole rings is 1. The van der Waals surface area contributed by atoms with Crippen LogP contribution in [0, 0.1) is 0 Å². The molecule has 0 spiro atoms. The highest BCUT2D eigenvalue weighted by atomic mass is 16.1. The number of hydrogen-bond donors (Lipinski definition) is 5. The molecular formula is C27H43N7O2. The number of fused-ring (bicyclic) bond motifs is 1. The smallest absolute Gasteiger partial charge is 0.236 e. The van der Waals surface area contributed by atoms with Crippen LogP contribution in [0.4, 0.5) is 0 Å². The van der Waals surface area contributed by atoms with Crippen molar-refractivity contribution in [2.75, 3.05) is 20.6 Å². The Balaban J connectivity index is 0.000000792. The maximum absolute atomic E-state index is 10.3. The normalized spacial score (nSPS) is 9.78. The number of rotatable bonds is 11. The minimum absolute atomic E-state index is 0.133. The number of H-pyrrole nitrogens is 1. The lowest BCUT2D eigenvalue weighted by Crippen LogP contribution is -2.24. The summed E-state index contributed by atoms with van der Waals surface area (Å²) in [7, 11) is 3.75. The molecule has 2 heterocycles. The molecule has 3 aromatic rings. The van der Waals surface area contributed by atoms with Crippen molar-refractivity contribution in [1.82, 2.24) is 25.6 Å². The van der Waals surface area contributed by atoms with E-state index in [1.54, 1.807) is 0 Å². The van der Waals surface area contributed by atoms with Gasteiger partial charge in [-0.3, -0.25) is 9.78 Å². The lowest BCUT2D eigenvalue weighted by atomic mass is 10.1. The molecule has 0 saturated carbocycles. The second-order valence-electron chi connectivity index (χ2n) is 7.51. The van der Waals surface area contributed by atoms with Crippen LogP contribution in [0.5, 0.6) is 0 Å². The molecule has 0 radical (unpaired) electrons. The fourth-order valence-electron chi connectivity index (χ4n) is 2.99. The van der Waals surface area contributed by atoms with Crippen LogP contribution in [0.15, 0.2) is 55.3 Å². The largest absolute Gasteiger partial charge is 0.403 e. The van der Waals surface area contributed by atoms with E-state index in [1.165, 1.54) is 17.8 Å². The molecule has 0 atom stereocenters. The number of hydrogen-bond acceptors (Lipinski definition) is 7. The third kappa shape index (κ3) is 14.5. The van der Waals surface area contributed by atoms with Crippen molar-refractivity contribution in [2.45, 2.75) is 52.4 Å². The van der Waals surface area contributed by atoms with E-state index in [0.29, 0.717) is 6.42 Å². The van der Waals surface area contributed by atoms with E-state index in [9.17, 15) is 9.59 Å². The number of nitrogens with two attached hydrogens (primary N) is 2. The number of primary amides is 1. The molecule has 0 unspecified atom stereocenters. The van der Waals surface area contributed by atoms with E-state index >= 15 is 0 Å². The molecule has 0 aliphatic rings. The molecule has 36 heavy (non-hydrogen) atoms. The Kier molecular flexibility index (Phi) is 19.5. The Bertz CT molecular complexity index is 1000. The minimum atomic E-state index is -0.400. The predicted molar refractivity (Wildman–Crippen MR) is 149 cm³/mol. The molecule has 0 fully saturated rings. The summed E-state index contributed by atoms with van der Waals surface area (Å²) >= 11 is 0. The fraction of sp³-hybridized carbons (Fsp3) is 0.407. The van der Waals surface area contributed by atoms with Crippen LogP contribution >= 0.6 is 0 Å². The molecule has 0 aliphatic heterocycles. The van der Waals surface area contributed by atoms with E-state index in [2.05, 4.69) is 43.8 Å². The Morgan fingerprint density at radius 2 is 1.78 bits per heavy atom. The van der Waals surface area contributed by atoms with E-state index in [1.807, 2.05) is 52.6 Å². The summed E-state index contributed by atoms with van der Waals surface area (Å²) in [6.07, 6.45) is 15.3. The van der Waals surface area contributed by atoms with E-state index in [4.69, 9.17) is 11.5 Å². The number of amides is 1. The molecule has 0 saturated heterocycles. The average molecular weight is 498 g/mol. The number of aromatic amines is 1. The highest BCUT2D eigenvalue weighted by molar-refractivity contribution is 5.85. The summed E-state index contributed by atoms with van der Waals surface area (Å²) in [5.74, 6) is 0.629. The predicted octanol–water partition coefficient (Wildman–Crippen LogP) is 3.67.